The molecule has 11 heavy (non-hydrogen) atoms. The summed E-state index contributed by atoms with van der Waals surface area (Å²) >= 11 is 0. The SMILES string of the molecule is NC(=O)N[SiH2]C1CCCCO1. The zero-order chi connectivity index (χ0) is 8.10. The van der Waals surface area contributed by atoms with Crippen LogP contribution in [0.4, 0.5) is 4.79 Å². The Hall–Kier alpha value is -0.553. The largest absolute Gasteiger partial charge is 0.380 e. The van der Waals surface area contributed by atoms with Gasteiger partial charge in [-0.15, -0.1) is 0 Å². The lowest BCUT2D eigenvalue weighted by Crippen LogP contribution is -2.41. The molecular formula is C6H14N2O2Si. The van der Waals surface area contributed by atoms with Crippen molar-refractivity contribution in [2.45, 2.75) is 25.0 Å². The van der Waals surface area contributed by atoms with Crippen LogP contribution in [0.5, 0.6) is 0 Å². The van der Waals surface area contributed by atoms with E-state index in [1.54, 1.807) is 0 Å². The molecule has 1 saturated heterocycles. The maximum absolute atomic E-state index is 10.3. The zero-order valence-corrected chi connectivity index (χ0v) is 7.92. The molecule has 2 amide bonds. The van der Waals surface area contributed by atoms with E-state index in [4.69, 9.17) is 10.5 Å². The normalized spacial score (nSPS) is 25.6. The third-order valence-corrected chi connectivity index (χ3v) is 3.43. The lowest BCUT2D eigenvalue weighted by molar-refractivity contribution is 0.0644. The van der Waals surface area contributed by atoms with E-state index in [1.807, 2.05) is 0 Å². The number of carbonyl (C=O) groups excluding carboxylic acids is 1. The van der Waals surface area contributed by atoms with Crippen LogP contribution in [0, 0.1) is 0 Å². The zero-order valence-electron chi connectivity index (χ0n) is 6.51. The molecule has 0 aromatic rings. The number of nitrogens with two attached hydrogens (primary N) is 1. The number of rotatable bonds is 2. The maximum Gasteiger partial charge on any atom is 0.303 e. The van der Waals surface area contributed by atoms with E-state index in [0.717, 1.165) is 19.4 Å². The molecule has 0 saturated carbocycles. The topological polar surface area (TPSA) is 64.4 Å². The van der Waals surface area contributed by atoms with Crippen molar-refractivity contribution in [2.24, 2.45) is 5.73 Å². The fourth-order valence-electron chi connectivity index (χ4n) is 1.18. The highest BCUT2D eigenvalue weighted by Crippen LogP contribution is 2.10. The van der Waals surface area contributed by atoms with E-state index >= 15 is 0 Å². The van der Waals surface area contributed by atoms with Gasteiger partial charge < -0.3 is 15.5 Å². The Bertz CT molecular complexity index is 137. The molecule has 0 bridgehead atoms. The molecule has 1 fully saturated rings. The molecule has 0 spiro atoms. The van der Waals surface area contributed by atoms with Crippen molar-refractivity contribution in [1.82, 2.24) is 4.98 Å². The van der Waals surface area contributed by atoms with E-state index in [2.05, 4.69) is 4.98 Å². The van der Waals surface area contributed by atoms with Gasteiger partial charge in [0, 0.05) is 6.61 Å². The Morgan fingerprint density at radius 2 is 2.45 bits per heavy atom. The van der Waals surface area contributed by atoms with Gasteiger partial charge in [-0.3, -0.25) is 4.79 Å². The fourth-order valence-corrected chi connectivity index (χ4v) is 2.39. The van der Waals surface area contributed by atoms with E-state index in [0.29, 0.717) is 5.73 Å². The maximum atomic E-state index is 10.3. The van der Waals surface area contributed by atoms with Crippen molar-refractivity contribution in [2.75, 3.05) is 6.61 Å². The number of ether oxygens (including phenoxy) is 1. The average Bonchev–Trinajstić information content (AvgIpc) is 2.03. The average molecular weight is 174 g/mol. The third kappa shape index (κ3) is 3.38. The van der Waals surface area contributed by atoms with Crippen molar-refractivity contribution in [3.05, 3.63) is 0 Å². The smallest absolute Gasteiger partial charge is 0.303 e. The summed E-state index contributed by atoms with van der Waals surface area (Å²) in [6.45, 7) is 0.845. The molecule has 0 radical (unpaired) electrons. The van der Waals surface area contributed by atoms with Gasteiger partial charge in [0.25, 0.3) is 0 Å². The van der Waals surface area contributed by atoms with Crippen molar-refractivity contribution in [1.29, 1.82) is 0 Å². The summed E-state index contributed by atoms with van der Waals surface area (Å²) in [6.07, 6.45) is 3.46. The first kappa shape index (κ1) is 8.54. The summed E-state index contributed by atoms with van der Waals surface area (Å²) in [5.41, 5.74) is 5.25. The molecule has 0 aromatic carbocycles. The minimum absolute atomic E-state index is 0.316. The number of hydrogen-bond acceptors (Lipinski definition) is 2. The number of nitrogens with one attached hydrogen (secondary N) is 1. The van der Waals surface area contributed by atoms with Crippen molar-refractivity contribution >= 4 is 15.7 Å². The van der Waals surface area contributed by atoms with Gasteiger partial charge in [-0.05, 0) is 19.3 Å². The minimum Gasteiger partial charge on any atom is -0.380 e. The fraction of sp³-hybridized carbons (Fsp3) is 0.833. The summed E-state index contributed by atoms with van der Waals surface area (Å²) < 4.78 is 5.42. The first-order valence-corrected chi connectivity index (χ1v) is 5.46. The molecule has 0 aliphatic carbocycles. The molecule has 1 rings (SSSR count). The van der Waals surface area contributed by atoms with Gasteiger partial charge in [-0.2, -0.15) is 0 Å². The molecule has 0 aromatic heterocycles. The predicted molar refractivity (Wildman–Crippen MR) is 44.9 cm³/mol. The quantitative estimate of drug-likeness (QED) is 0.542. The van der Waals surface area contributed by atoms with Crippen LogP contribution >= 0.6 is 0 Å². The van der Waals surface area contributed by atoms with Crippen molar-refractivity contribution < 1.29 is 9.53 Å². The van der Waals surface area contributed by atoms with Crippen LogP contribution in [-0.2, 0) is 4.74 Å². The molecule has 1 aliphatic heterocycles. The highest BCUT2D eigenvalue weighted by molar-refractivity contribution is 6.38. The highest BCUT2D eigenvalue weighted by Gasteiger charge is 2.14. The highest BCUT2D eigenvalue weighted by atomic mass is 28.2. The second kappa shape index (κ2) is 4.35. The van der Waals surface area contributed by atoms with Gasteiger partial charge in [-0.25, -0.2) is 0 Å². The van der Waals surface area contributed by atoms with Crippen LogP contribution in [-0.4, -0.2) is 28.0 Å². The standard InChI is InChI=1S/C6H14N2O2Si/c7-6(9)8-11-5-3-1-2-4-10-5/h5H,1-4,11H2,(H3,7,8,9). The first-order valence-electron chi connectivity index (χ1n) is 3.94. The Morgan fingerprint density at radius 3 is 3.00 bits per heavy atom. The molecule has 5 heteroatoms. The van der Waals surface area contributed by atoms with Gasteiger partial charge in [-0.1, -0.05) is 0 Å². The lowest BCUT2D eigenvalue weighted by Gasteiger charge is -2.21. The van der Waals surface area contributed by atoms with Crippen LogP contribution in [0.15, 0.2) is 0 Å². The number of urea groups is 1. The molecule has 4 nitrogen and oxygen atoms in total. The summed E-state index contributed by atoms with van der Waals surface area (Å²) in [7, 11) is -0.629. The third-order valence-electron chi connectivity index (χ3n) is 1.78. The Kier molecular flexibility index (Phi) is 3.38. The van der Waals surface area contributed by atoms with E-state index in [1.165, 1.54) is 6.42 Å². The van der Waals surface area contributed by atoms with Gasteiger partial charge in [0.2, 0.25) is 0 Å². The monoisotopic (exact) mass is 174 g/mol. The van der Waals surface area contributed by atoms with Crippen molar-refractivity contribution in [3.63, 3.8) is 0 Å². The van der Waals surface area contributed by atoms with Gasteiger partial charge >= 0.3 is 6.03 Å². The number of hydrogen-bond donors (Lipinski definition) is 2. The van der Waals surface area contributed by atoms with Gasteiger partial charge in [0.15, 0.2) is 9.68 Å². The van der Waals surface area contributed by atoms with Gasteiger partial charge in [0.1, 0.15) is 0 Å². The molecular weight excluding hydrogens is 160 g/mol. The predicted octanol–water partition coefficient (Wildman–Crippen LogP) is -0.735. The molecule has 64 valence electrons. The number of primary amides is 1. The van der Waals surface area contributed by atoms with E-state index < -0.39 is 15.7 Å². The summed E-state index contributed by atoms with van der Waals surface area (Å²) in [5.74, 6) is 0. The van der Waals surface area contributed by atoms with E-state index in [9.17, 15) is 4.79 Å². The Balaban J connectivity index is 2.09. The minimum atomic E-state index is -0.629. The molecule has 1 aliphatic rings. The Labute approximate surface area is 68.4 Å². The van der Waals surface area contributed by atoms with Crippen LogP contribution in [0.1, 0.15) is 19.3 Å². The van der Waals surface area contributed by atoms with Crippen molar-refractivity contribution in [3.8, 4) is 0 Å². The number of carbonyl (C=O) groups is 1. The van der Waals surface area contributed by atoms with E-state index in [-0.39, 0.29) is 0 Å². The Morgan fingerprint density at radius 1 is 1.64 bits per heavy atom. The van der Waals surface area contributed by atoms with Crippen LogP contribution in [0.2, 0.25) is 0 Å². The molecule has 1 atom stereocenters. The molecule has 1 unspecified atom stereocenters. The first-order chi connectivity index (χ1) is 5.29. The second-order valence-electron chi connectivity index (χ2n) is 2.73. The van der Waals surface area contributed by atoms with Crippen LogP contribution in [0.3, 0.4) is 0 Å². The summed E-state index contributed by atoms with van der Waals surface area (Å²) in [5, 5.41) is 0. The van der Waals surface area contributed by atoms with Crippen LogP contribution in [0.25, 0.3) is 0 Å². The lowest BCUT2D eigenvalue weighted by atomic mass is 10.2. The molecule has 1 heterocycles. The second-order valence-corrected chi connectivity index (χ2v) is 4.41. The van der Waals surface area contributed by atoms with Gasteiger partial charge in [0.05, 0.1) is 5.73 Å². The summed E-state index contributed by atoms with van der Waals surface area (Å²) in [6, 6.07) is -0.411. The summed E-state index contributed by atoms with van der Waals surface area (Å²) in [4.78, 5) is 13.0. The van der Waals surface area contributed by atoms with Crippen LogP contribution < -0.4 is 10.7 Å². The number of amides is 2. The molecule has 3 N–H and O–H groups in total.